The van der Waals surface area contributed by atoms with E-state index in [1.54, 1.807) is 19.9 Å². The van der Waals surface area contributed by atoms with Crippen molar-refractivity contribution >= 4 is 28.6 Å². The third kappa shape index (κ3) is 6.35. The van der Waals surface area contributed by atoms with Gasteiger partial charge in [0.25, 0.3) is 5.69 Å². The number of nitro groups is 1. The lowest BCUT2D eigenvalue weighted by molar-refractivity contribution is -0.385. The number of phenols is 4. The Labute approximate surface area is 265 Å². The van der Waals surface area contributed by atoms with Gasteiger partial charge in [-0.2, -0.15) is 0 Å². The molecule has 3 aromatic carbocycles. The molecule has 2 heterocycles. The van der Waals surface area contributed by atoms with Crippen molar-refractivity contribution in [1.29, 1.82) is 0 Å². The highest BCUT2D eigenvalue weighted by Crippen LogP contribution is 2.42. The zero-order chi connectivity index (χ0) is 34.7. The molecule has 15 nitrogen and oxygen atoms in total. The SMILES string of the molecule is COC(=O)C1=C(C)NC(C)=C(C(=O)OC)C1c1ccccc1[N+](=O)[O-].O=c1c(O)c(-c2ccc(O)c(O)c2)oc2cc(O)cc(O)c12. The number of carbonyl (C=O) groups excluding carboxylic acids is 2. The van der Waals surface area contributed by atoms with Crippen molar-refractivity contribution in [2.75, 3.05) is 14.2 Å². The number of allylic oxidation sites excluding steroid dienone is 2. The molecule has 5 rings (SSSR count). The fourth-order valence-electron chi connectivity index (χ4n) is 5.10. The van der Waals surface area contributed by atoms with E-state index in [0.717, 1.165) is 24.3 Å². The Morgan fingerprint density at radius 3 is 2.00 bits per heavy atom. The van der Waals surface area contributed by atoms with Gasteiger partial charge in [-0.15, -0.1) is 0 Å². The molecular formula is C32H28N2O13. The van der Waals surface area contributed by atoms with E-state index < -0.39 is 45.5 Å². The molecule has 1 aliphatic heterocycles. The van der Waals surface area contributed by atoms with Crippen LogP contribution in [0.3, 0.4) is 0 Å². The van der Waals surface area contributed by atoms with E-state index in [9.17, 15) is 50.0 Å². The lowest BCUT2D eigenvalue weighted by Crippen LogP contribution is -2.32. The summed E-state index contributed by atoms with van der Waals surface area (Å²) in [6.07, 6.45) is 0. The number of nitrogens with zero attached hydrogens (tertiary/aromatic N) is 1. The van der Waals surface area contributed by atoms with Crippen molar-refractivity contribution in [1.82, 2.24) is 5.32 Å². The number of methoxy groups -OCH3 is 2. The number of aromatic hydroxyl groups is 5. The number of fused-ring (bicyclic) bond motifs is 1. The van der Waals surface area contributed by atoms with Crippen LogP contribution in [0.4, 0.5) is 5.69 Å². The van der Waals surface area contributed by atoms with Gasteiger partial charge in [-0.1, -0.05) is 18.2 Å². The van der Waals surface area contributed by atoms with Crippen LogP contribution in [0.25, 0.3) is 22.3 Å². The Morgan fingerprint density at radius 1 is 0.851 bits per heavy atom. The summed E-state index contributed by atoms with van der Waals surface area (Å²) < 4.78 is 15.0. The third-order valence-electron chi connectivity index (χ3n) is 7.19. The number of hydrogen-bond acceptors (Lipinski definition) is 14. The van der Waals surface area contributed by atoms with Gasteiger partial charge in [0.2, 0.25) is 11.2 Å². The van der Waals surface area contributed by atoms with Gasteiger partial charge >= 0.3 is 11.9 Å². The normalized spacial score (nSPS) is 13.0. The van der Waals surface area contributed by atoms with Crippen LogP contribution >= 0.6 is 0 Å². The second kappa shape index (κ2) is 13.2. The second-order valence-electron chi connectivity index (χ2n) is 10.1. The molecule has 1 aromatic heterocycles. The molecule has 6 N–H and O–H groups in total. The topological polar surface area (TPSA) is 239 Å². The Balaban J connectivity index is 0.000000214. The molecule has 0 saturated carbocycles. The number of esters is 2. The average molecular weight is 649 g/mol. The minimum absolute atomic E-state index is 0.128. The number of dihydropyridines is 1. The minimum Gasteiger partial charge on any atom is -0.508 e. The number of ether oxygens (including phenoxy) is 2. The highest BCUT2D eigenvalue weighted by Gasteiger charge is 2.40. The third-order valence-corrected chi connectivity index (χ3v) is 7.19. The molecule has 0 fully saturated rings. The number of hydrogen-bond donors (Lipinski definition) is 6. The van der Waals surface area contributed by atoms with Crippen LogP contribution in [0.1, 0.15) is 25.3 Å². The van der Waals surface area contributed by atoms with E-state index in [1.807, 2.05) is 0 Å². The predicted octanol–water partition coefficient (Wildman–Crippen LogP) is 4.16. The average Bonchev–Trinajstić information content (AvgIpc) is 3.03. The number of nitrogens with one attached hydrogen (secondary N) is 1. The Kier molecular flexibility index (Phi) is 9.40. The summed E-state index contributed by atoms with van der Waals surface area (Å²) in [6, 6.07) is 11.6. The van der Waals surface area contributed by atoms with Crippen LogP contribution in [-0.2, 0) is 19.1 Å². The summed E-state index contributed by atoms with van der Waals surface area (Å²) in [5.41, 5.74) is 0.302. The number of phenolic OH excluding ortho intramolecular Hbond substituents is 4. The van der Waals surface area contributed by atoms with Gasteiger partial charge in [0, 0.05) is 40.7 Å². The van der Waals surface area contributed by atoms with Gasteiger partial charge in [0.1, 0.15) is 22.5 Å². The molecule has 0 spiro atoms. The molecule has 0 aliphatic carbocycles. The van der Waals surface area contributed by atoms with Crippen LogP contribution in [0.5, 0.6) is 28.7 Å². The standard InChI is InChI=1S/C17H18N2O6.C15H10O7/c1-9-13(16(20)24-3)15(14(10(2)18-9)17(21)25-4)11-7-5-6-8-12(11)19(22)23;16-7-4-10(19)12-11(5-7)22-15(14(21)13(12)20)6-1-2-8(17)9(18)3-6/h5-8,15,18H,1-4H3;1-5,16-19,21H. The lowest BCUT2D eigenvalue weighted by atomic mass is 9.79. The first kappa shape index (κ1) is 33.4. The first-order chi connectivity index (χ1) is 22.2. The molecule has 0 amide bonds. The largest absolute Gasteiger partial charge is 0.508 e. The van der Waals surface area contributed by atoms with Crippen molar-refractivity contribution in [3.63, 3.8) is 0 Å². The molecule has 4 aromatic rings. The Morgan fingerprint density at radius 2 is 1.45 bits per heavy atom. The molecule has 244 valence electrons. The van der Waals surface area contributed by atoms with E-state index in [2.05, 4.69) is 5.32 Å². The lowest BCUT2D eigenvalue weighted by Gasteiger charge is -2.29. The molecule has 0 bridgehead atoms. The van der Waals surface area contributed by atoms with E-state index in [0.29, 0.717) is 11.4 Å². The summed E-state index contributed by atoms with van der Waals surface area (Å²) in [5, 5.41) is 62.0. The smallest absolute Gasteiger partial charge is 0.336 e. The van der Waals surface area contributed by atoms with Gasteiger partial charge in [0.15, 0.2) is 17.3 Å². The number of carbonyl (C=O) groups is 2. The van der Waals surface area contributed by atoms with E-state index in [1.165, 1.54) is 38.5 Å². The molecule has 15 heteroatoms. The maximum atomic E-state index is 12.3. The van der Waals surface area contributed by atoms with Crippen LogP contribution in [0.15, 0.2) is 86.3 Å². The first-order valence-corrected chi connectivity index (χ1v) is 13.5. The van der Waals surface area contributed by atoms with E-state index in [-0.39, 0.29) is 56.2 Å². The molecule has 0 saturated heterocycles. The van der Waals surface area contributed by atoms with Gasteiger partial charge in [0.05, 0.1) is 36.2 Å². The van der Waals surface area contributed by atoms with Crippen molar-refractivity contribution in [3.8, 4) is 40.1 Å². The number of nitro benzene ring substituents is 1. The van der Waals surface area contributed by atoms with Crippen LogP contribution < -0.4 is 10.7 Å². The molecule has 0 unspecified atom stereocenters. The van der Waals surface area contributed by atoms with Gasteiger partial charge < -0.3 is 44.7 Å². The van der Waals surface area contributed by atoms with Crippen molar-refractivity contribution in [3.05, 3.63) is 103 Å². The molecular weight excluding hydrogens is 620 g/mol. The highest BCUT2D eigenvalue weighted by molar-refractivity contribution is 6.00. The summed E-state index contributed by atoms with van der Waals surface area (Å²) in [5.74, 6) is -5.04. The quantitative estimate of drug-likeness (QED) is 0.0771. The summed E-state index contributed by atoms with van der Waals surface area (Å²) in [7, 11) is 2.42. The van der Waals surface area contributed by atoms with Crippen LogP contribution in [-0.4, -0.2) is 56.6 Å². The number of para-hydroxylation sites is 1. The van der Waals surface area contributed by atoms with Crippen molar-refractivity contribution < 1.29 is 53.9 Å². The van der Waals surface area contributed by atoms with Crippen molar-refractivity contribution in [2.24, 2.45) is 0 Å². The molecule has 1 aliphatic rings. The van der Waals surface area contributed by atoms with Crippen LogP contribution in [0.2, 0.25) is 0 Å². The highest BCUT2D eigenvalue weighted by atomic mass is 16.6. The van der Waals surface area contributed by atoms with Gasteiger partial charge in [-0.05, 0) is 32.0 Å². The minimum atomic E-state index is -0.970. The van der Waals surface area contributed by atoms with E-state index >= 15 is 0 Å². The monoisotopic (exact) mass is 648 g/mol. The predicted molar refractivity (Wildman–Crippen MR) is 165 cm³/mol. The summed E-state index contributed by atoms with van der Waals surface area (Å²) in [4.78, 5) is 47.7. The summed E-state index contributed by atoms with van der Waals surface area (Å²) >= 11 is 0. The van der Waals surface area contributed by atoms with Gasteiger partial charge in [-0.3, -0.25) is 14.9 Å². The molecule has 47 heavy (non-hydrogen) atoms. The van der Waals surface area contributed by atoms with Crippen LogP contribution in [0, 0.1) is 10.1 Å². The maximum Gasteiger partial charge on any atom is 0.336 e. The Hall–Kier alpha value is -6.51. The zero-order valence-corrected chi connectivity index (χ0v) is 25.2. The van der Waals surface area contributed by atoms with Crippen molar-refractivity contribution in [2.45, 2.75) is 19.8 Å². The second-order valence-corrected chi connectivity index (χ2v) is 10.1. The maximum absolute atomic E-state index is 12.3. The van der Waals surface area contributed by atoms with Gasteiger partial charge in [-0.25, -0.2) is 9.59 Å². The fraction of sp³-hybridized carbons (Fsp3) is 0.156. The number of benzene rings is 3. The summed E-state index contributed by atoms with van der Waals surface area (Å²) in [6.45, 7) is 3.29. The number of rotatable bonds is 5. The molecule has 0 radical (unpaired) electrons. The fourth-order valence-corrected chi connectivity index (χ4v) is 5.10. The zero-order valence-electron chi connectivity index (χ0n) is 25.2. The van der Waals surface area contributed by atoms with E-state index in [4.69, 9.17) is 13.9 Å². The molecule has 0 atom stereocenters. The Bertz CT molecular complexity index is 2020. The first-order valence-electron chi connectivity index (χ1n) is 13.5.